The Morgan fingerprint density at radius 2 is 1.86 bits per heavy atom. The molecule has 1 fully saturated rings. The van der Waals surface area contributed by atoms with Crippen molar-refractivity contribution < 1.29 is 14.5 Å². The van der Waals surface area contributed by atoms with Gasteiger partial charge in [-0.05, 0) is 30.9 Å². The maximum absolute atomic E-state index is 12.0. The third-order valence-corrected chi connectivity index (χ3v) is 4.58. The third-order valence-electron chi connectivity index (χ3n) is 4.58. The number of aromatic nitrogens is 2. The molecule has 2 amide bonds. The number of rotatable bonds is 5. The van der Waals surface area contributed by atoms with Gasteiger partial charge in [-0.2, -0.15) is 0 Å². The lowest BCUT2D eigenvalue weighted by molar-refractivity contribution is -0.384. The summed E-state index contributed by atoms with van der Waals surface area (Å²) in [5, 5.41) is 15.7. The summed E-state index contributed by atoms with van der Waals surface area (Å²) in [6.07, 6.45) is 6.77. The highest BCUT2D eigenvalue weighted by Gasteiger charge is 2.22. The van der Waals surface area contributed by atoms with Crippen molar-refractivity contribution in [3.63, 3.8) is 0 Å². The largest absolute Gasteiger partial charge is 0.355 e. The summed E-state index contributed by atoms with van der Waals surface area (Å²) >= 11 is 0. The van der Waals surface area contributed by atoms with E-state index >= 15 is 0 Å². The molecule has 10 heteroatoms. The van der Waals surface area contributed by atoms with Gasteiger partial charge in [-0.25, -0.2) is 4.98 Å². The maximum atomic E-state index is 12.0. The molecule has 1 aliphatic heterocycles. The molecule has 1 aromatic carbocycles. The number of hydrogen-bond donors (Lipinski definition) is 2. The van der Waals surface area contributed by atoms with Crippen molar-refractivity contribution in [2.45, 2.75) is 12.8 Å². The van der Waals surface area contributed by atoms with Crippen LogP contribution in [-0.4, -0.2) is 46.3 Å². The number of nitrogens with zero attached hydrogens (tertiary/aromatic N) is 4. The summed E-state index contributed by atoms with van der Waals surface area (Å²) in [6.45, 7) is 2.04. The van der Waals surface area contributed by atoms with Crippen molar-refractivity contribution in [1.29, 1.82) is 0 Å². The second kappa shape index (κ2) is 8.89. The van der Waals surface area contributed by atoms with Crippen molar-refractivity contribution in [3.05, 3.63) is 53.0 Å². The number of piperidine rings is 1. The first-order valence-electron chi connectivity index (χ1n) is 8.87. The molecule has 3 rings (SSSR count). The van der Waals surface area contributed by atoms with Crippen LogP contribution in [0.1, 0.15) is 12.8 Å². The Labute approximate surface area is 161 Å². The first-order chi connectivity index (χ1) is 13.5. The van der Waals surface area contributed by atoms with Gasteiger partial charge in [0.1, 0.15) is 5.82 Å². The van der Waals surface area contributed by atoms with Gasteiger partial charge in [0.2, 0.25) is 0 Å². The van der Waals surface area contributed by atoms with E-state index < -0.39 is 16.7 Å². The van der Waals surface area contributed by atoms with Gasteiger partial charge >= 0.3 is 11.8 Å². The lowest BCUT2D eigenvalue weighted by atomic mass is 9.97. The lowest BCUT2D eigenvalue weighted by Gasteiger charge is -2.32. The Hall–Kier alpha value is -3.56. The van der Waals surface area contributed by atoms with Gasteiger partial charge in [0.25, 0.3) is 5.69 Å². The molecule has 146 valence electrons. The Bertz CT molecular complexity index is 835. The van der Waals surface area contributed by atoms with E-state index in [2.05, 4.69) is 25.5 Å². The van der Waals surface area contributed by atoms with Crippen LogP contribution in [0.25, 0.3) is 0 Å². The number of carbonyl (C=O) groups is 2. The molecule has 1 saturated heterocycles. The average Bonchev–Trinajstić information content (AvgIpc) is 2.73. The van der Waals surface area contributed by atoms with E-state index in [1.807, 2.05) is 0 Å². The molecule has 28 heavy (non-hydrogen) atoms. The Morgan fingerprint density at radius 1 is 1.14 bits per heavy atom. The second-order valence-corrected chi connectivity index (χ2v) is 6.46. The van der Waals surface area contributed by atoms with Gasteiger partial charge in [-0.1, -0.05) is 0 Å². The van der Waals surface area contributed by atoms with Crippen molar-refractivity contribution >= 4 is 29.0 Å². The van der Waals surface area contributed by atoms with Crippen LogP contribution in [-0.2, 0) is 9.59 Å². The molecule has 0 aliphatic carbocycles. The van der Waals surface area contributed by atoms with E-state index in [4.69, 9.17) is 0 Å². The minimum absolute atomic E-state index is 0.0877. The molecule has 0 unspecified atom stereocenters. The summed E-state index contributed by atoms with van der Waals surface area (Å²) < 4.78 is 0. The zero-order valence-electron chi connectivity index (χ0n) is 15.1. The van der Waals surface area contributed by atoms with E-state index in [1.54, 1.807) is 18.6 Å². The highest BCUT2D eigenvalue weighted by molar-refractivity contribution is 6.39. The topological polar surface area (TPSA) is 130 Å². The molecular weight excluding hydrogens is 364 g/mol. The van der Waals surface area contributed by atoms with Crippen LogP contribution in [0, 0.1) is 16.0 Å². The van der Waals surface area contributed by atoms with Crippen LogP contribution >= 0.6 is 0 Å². The van der Waals surface area contributed by atoms with Crippen molar-refractivity contribution in [2.75, 3.05) is 29.9 Å². The number of benzene rings is 1. The second-order valence-electron chi connectivity index (χ2n) is 6.46. The molecule has 1 aliphatic rings. The Balaban J connectivity index is 1.41. The Morgan fingerprint density at radius 3 is 2.46 bits per heavy atom. The summed E-state index contributed by atoms with van der Waals surface area (Å²) in [7, 11) is 0. The molecule has 10 nitrogen and oxygen atoms in total. The number of carbonyl (C=O) groups excluding carboxylic acids is 2. The van der Waals surface area contributed by atoms with Gasteiger partial charge in [0, 0.05) is 49.8 Å². The summed E-state index contributed by atoms with van der Waals surface area (Å²) in [5.41, 5.74) is 0.235. The first kappa shape index (κ1) is 19.2. The summed E-state index contributed by atoms with van der Waals surface area (Å²) in [5.74, 6) is -0.405. The zero-order valence-corrected chi connectivity index (χ0v) is 15.1. The maximum Gasteiger partial charge on any atom is 0.313 e. The fourth-order valence-corrected chi connectivity index (χ4v) is 2.99. The minimum atomic E-state index is -0.800. The standard InChI is InChI=1S/C18H20N6O4/c25-17(18(26)22-14-1-3-15(4-2-14)24(27)28)21-11-13-5-9-23(10-6-13)16-12-19-7-8-20-16/h1-4,7-8,12-13H,5-6,9-11H2,(H,21,25)(H,22,26). The summed E-state index contributed by atoms with van der Waals surface area (Å²) in [4.78, 5) is 44.5. The van der Waals surface area contributed by atoms with Gasteiger partial charge in [0.15, 0.2) is 0 Å². The fourth-order valence-electron chi connectivity index (χ4n) is 2.99. The van der Waals surface area contributed by atoms with Crippen LogP contribution in [0.5, 0.6) is 0 Å². The van der Waals surface area contributed by atoms with Crippen LogP contribution in [0.3, 0.4) is 0 Å². The van der Waals surface area contributed by atoms with Crippen molar-refractivity contribution in [1.82, 2.24) is 15.3 Å². The first-order valence-corrected chi connectivity index (χ1v) is 8.87. The van der Waals surface area contributed by atoms with Crippen molar-refractivity contribution in [3.8, 4) is 0 Å². The Kier molecular flexibility index (Phi) is 6.10. The van der Waals surface area contributed by atoms with Gasteiger partial charge in [-0.15, -0.1) is 0 Å². The molecule has 0 atom stereocenters. The number of hydrogen-bond acceptors (Lipinski definition) is 7. The average molecular weight is 384 g/mol. The molecule has 0 saturated carbocycles. The monoisotopic (exact) mass is 384 g/mol. The highest BCUT2D eigenvalue weighted by atomic mass is 16.6. The van der Waals surface area contributed by atoms with E-state index in [9.17, 15) is 19.7 Å². The summed E-state index contributed by atoms with van der Waals surface area (Å²) in [6, 6.07) is 5.29. The smallest absolute Gasteiger partial charge is 0.313 e. The molecule has 2 aromatic rings. The highest BCUT2D eigenvalue weighted by Crippen LogP contribution is 2.20. The molecular formula is C18H20N6O4. The number of anilines is 2. The number of nitro groups is 1. The number of amides is 2. The van der Waals surface area contributed by atoms with Gasteiger partial charge in [-0.3, -0.25) is 24.7 Å². The predicted molar refractivity (Wildman–Crippen MR) is 102 cm³/mol. The number of non-ortho nitro benzene ring substituents is 1. The normalized spacial score (nSPS) is 14.4. The molecule has 0 spiro atoms. The SMILES string of the molecule is O=C(NCC1CCN(c2cnccn2)CC1)C(=O)Nc1ccc([N+](=O)[O-])cc1. The lowest BCUT2D eigenvalue weighted by Crippen LogP contribution is -2.42. The van der Waals surface area contributed by atoms with Gasteiger partial charge in [0.05, 0.1) is 11.1 Å². The van der Waals surface area contributed by atoms with Gasteiger partial charge < -0.3 is 15.5 Å². The quantitative estimate of drug-likeness (QED) is 0.452. The van der Waals surface area contributed by atoms with Crippen molar-refractivity contribution in [2.24, 2.45) is 5.92 Å². The third kappa shape index (κ3) is 5.00. The van der Waals surface area contributed by atoms with Crippen LogP contribution in [0.2, 0.25) is 0 Å². The minimum Gasteiger partial charge on any atom is -0.355 e. The molecule has 0 radical (unpaired) electrons. The van der Waals surface area contributed by atoms with E-state index in [1.165, 1.54) is 24.3 Å². The van der Waals surface area contributed by atoms with E-state index in [0.717, 1.165) is 31.7 Å². The number of nitrogens with one attached hydrogen (secondary N) is 2. The van der Waals surface area contributed by atoms with Crippen LogP contribution in [0.15, 0.2) is 42.9 Å². The molecule has 0 bridgehead atoms. The predicted octanol–water partition coefficient (Wildman–Crippen LogP) is 1.36. The van der Waals surface area contributed by atoms with E-state index in [0.29, 0.717) is 12.2 Å². The zero-order chi connectivity index (χ0) is 19.9. The molecule has 2 N–H and O–H groups in total. The van der Waals surface area contributed by atoms with Crippen LogP contribution in [0.4, 0.5) is 17.2 Å². The molecule has 1 aromatic heterocycles. The van der Waals surface area contributed by atoms with E-state index in [-0.39, 0.29) is 11.6 Å². The van der Waals surface area contributed by atoms with Crippen LogP contribution < -0.4 is 15.5 Å². The molecule has 2 heterocycles. The number of nitro benzene ring substituents is 1. The fraction of sp³-hybridized carbons (Fsp3) is 0.333.